The van der Waals surface area contributed by atoms with Crippen molar-refractivity contribution in [2.75, 3.05) is 4.90 Å². The molecule has 12 rings (SSSR count). The van der Waals surface area contributed by atoms with E-state index in [1.165, 1.54) is 82.3 Å². The molecule has 0 aliphatic carbocycles. The van der Waals surface area contributed by atoms with E-state index in [0.29, 0.717) is 0 Å². The second kappa shape index (κ2) is 15.8. The highest BCUT2D eigenvalue weighted by molar-refractivity contribution is 6.11. The quantitative estimate of drug-likeness (QED) is 0.139. The average molecular weight is 815 g/mol. The fraction of sp³-hybridized carbons (Fsp3) is 0. The van der Waals surface area contributed by atoms with Crippen molar-refractivity contribution in [3.8, 4) is 50.2 Å². The number of benzene rings is 11. The summed E-state index contributed by atoms with van der Waals surface area (Å²) in [5.41, 5.74) is 16.2. The van der Waals surface area contributed by atoms with Crippen molar-refractivity contribution in [2.24, 2.45) is 0 Å². The van der Waals surface area contributed by atoms with Crippen molar-refractivity contribution in [3.05, 3.63) is 255 Å². The van der Waals surface area contributed by atoms with Crippen LogP contribution in [0.1, 0.15) is 0 Å². The van der Waals surface area contributed by atoms with E-state index in [9.17, 15) is 0 Å². The van der Waals surface area contributed by atoms with Crippen LogP contribution >= 0.6 is 0 Å². The predicted molar refractivity (Wildman–Crippen MR) is 272 cm³/mol. The minimum atomic E-state index is 1.07. The van der Waals surface area contributed by atoms with Gasteiger partial charge in [0.2, 0.25) is 0 Å². The maximum absolute atomic E-state index is 2.46. The van der Waals surface area contributed by atoms with Crippen LogP contribution in [0.2, 0.25) is 0 Å². The van der Waals surface area contributed by atoms with Crippen molar-refractivity contribution in [1.82, 2.24) is 4.57 Å². The van der Waals surface area contributed by atoms with Crippen molar-refractivity contribution in [3.63, 3.8) is 0 Å². The molecule has 2 nitrogen and oxygen atoms in total. The SMILES string of the molecule is c1ccc(-c2ccccc2-c2c(-c3ccccc3)cccc2N(c2ccc(-c3ccccc3-n3c4ccccc4c4ccccc43)cc2)c2ccc3c(ccc4ccccc43)c2)cc1. The molecule has 0 radical (unpaired) electrons. The molecule has 300 valence electrons. The molecule has 0 N–H and O–H groups in total. The van der Waals surface area contributed by atoms with E-state index < -0.39 is 0 Å². The van der Waals surface area contributed by atoms with E-state index in [2.05, 4.69) is 264 Å². The lowest BCUT2D eigenvalue weighted by molar-refractivity contribution is 1.18. The van der Waals surface area contributed by atoms with Crippen LogP contribution in [0.15, 0.2) is 255 Å². The molecule has 64 heavy (non-hydrogen) atoms. The van der Waals surface area contributed by atoms with E-state index in [0.717, 1.165) is 28.3 Å². The third kappa shape index (κ3) is 6.35. The Morgan fingerprint density at radius 2 is 0.781 bits per heavy atom. The molecule has 0 atom stereocenters. The Kier molecular flexibility index (Phi) is 9.20. The second-order valence-corrected chi connectivity index (χ2v) is 16.4. The molecule has 2 heteroatoms. The Morgan fingerprint density at radius 3 is 1.50 bits per heavy atom. The minimum Gasteiger partial charge on any atom is -0.310 e. The molecule has 0 aliphatic heterocycles. The molecule has 0 bridgehead atoms. The van der Waals surface area contributed by atoms with E-state index in [1.807, 2.05) is 0 Å². The minimum absolute atomic E-state index is 1.07. The highest BCUT2D eigenvalue weighted by Gasteiger charge is 2.24. The first-order valence-corrected chi connectivity index (χ1v) is 22.0. The van der Waals surface area contributed by atoms with Gasteiger partial charge in [-0.2, -0.15) is 0 Å². The summed E-state index contributed by atoms with van der Waals surface area (Å²) in [5, 5.41) is 7.45. The molecular weight excluding hydrogens is 773 g/mol. The van der Waals surface area contributed by atoms with E-state index in [-0.39, 0.29) is 0 Å². The number of hydrogen-bond acceptors (Lipinski definition) is 1. The van der Waals surface area contributed by atoms with Gasteiger partial charge in [-0.05, 0) is 103 Å². The van der Waals surface area contributed by atoms with Crippen molar-refractivity contribution in [2.45, 2.75) is 0 Å². The third-order valence-corrected chi connectivity index (χ3v) is 12.8. The predicted octanol–water partition coefficient (Wildman–Crippen LogP) is 17.2. The Labute approximate surface area is 373 Å². The summed E-state index contributed by atoms with van der Waals surface area (Å²) in [7, 11) is 0. The highest BCUT2D eigenvalue weighted by Crippen LogP contribution is 2.49. The van der Waals surface area contributed by atoms with Gasteiger partial charge in [0.1, 0.15) is 0 Å². The van der Waals surface area contributed by atoms with Gasteiger partial charge in [0.25, 0.3) is 0 Å². The maximum atomic E-state index is 2.46. The Balaban J connectivity index is 1.08. The number of fused-ring (bicyclic) bond motifs is 6. The average Bonchev–Trinajstić information content (AvgIpc) is 3.71. The molecule has 1 heterocycles. The van der Waals surface area contributed by atoms with Crippen molar-refractivity contribution < 1.29 is 0 Å². The van der Waals surface area contributed by atoms with Gasteiger partial charge in [-0.3, -0.25) is 0 Å². The lowest BCUT2D eigenvalue weighted by atomic mass is 9.87. The summed E-state index contributed by atoms with van der Waals surface area (Å²) in [6.45, 7) is 0. The molecule has 0 unspecified atom stereocenters. The molecule has 12 aromatic rings. The van der Waals surface area contributed by atoms with Gasteiger partial charge in [-0.1, -0.05) is 206 Å². The van der Waals surface area contributed by atoms with Gasteiger partial charge in [-0.15, -0.1) is 0 Å². The molecule has 0 amide bonds. The van der Waals surface area contributed by atoms with E-state index in [1.54, 1.807) is 0 Å². The van der Waals surface area contributed by atoms with E-state index in [4.69, 9.17) is 0 Å². The van der Waals surface area contributed by atoms with Crippen molar-refractivity contribution in [1.29, 1.82) is 0 Å². The lowest BCUT2D eigenvalue weighted by Gasteiger charge is -2.30. The number of nitrogens with zero attached hydrogens (tertiary/aromatic N) is 2. The van der Waals surface area contributed by atoms with Gasteiger partial charge in [0, 0.05) is 33.3 Å². The molecule has 11 aromatic carbocycles. The number of rotatable bonds is 8. The van der Waals surface area contributed by atoms with Crippen LogP contribution in [0.25, 0.3) is 93.5 Å². The smallest absolute Gasteiger partial charge is 0.0546 e. The molecule has 0 fully saturated rings. The van der Waals surface area contributed by atoms with Crippen LogP contribution in [-0.2, 0) is 0 Å². The Hall–Kier alpha value is -8.46. The van der Waals surface area contributed by atoms with Gasteiger partial charge >= 0.3 is 0 Å². The summed E-state index contributed by atoms with van der Waals surface area (Å²) in [4.78, 5) is 2.46. The van der Waals surface area contributed by atoms with Crippen molar-refractivity contribution >= 4 is 60.4 Å². The van der Waals surface area contributed by atoms with Crippen LogP contribution in [0.3, 0.4) is 0 Å². The second-order valence-electron chi connectivity index (χ2n) is 16.4. The summed E-state index contributed by atoms with van der Waals surface area (Å²) >= 11 is 0. The van der Waals surface area contributed by atoms with Crippen LogP contribution in [-0.4, -0.2) is 4.57 Å². The number of anilines is 3. The Morgan fingerprint density at radius 1 is 0.281 bits per heavy atom. The molecule has 0 saturated carbocycles. The summed E-state index contributed by atoms with van der Waals surface area (Å²) in [5.74, 6) is 0. The highest BCUT2D eigenvalue weighted by atomic mass is 15.1. The normalized spacial score (nSPS) is 11.4. The molecule has 0 saturated heterocycles. The Bertz CT molecular complexity index is 3610. The van der Waals surface area contributed by atoms with Gasteiger partial charge in [0.15, 0.2) is 0 Å². The van der Waals surface area contributed by atoms with Crippen LogP contribution in [0, 0.1) is 0 Å². The molecule has 1 aromatic heterocycles. The molecule has 0 aliphatic rings. The maximum Gasteiger partial charge on any atom is 0.0546 e. The summed E-state index contributed by atoms with van der Waals surface area (Å²) in [6.07, 6.45) is 0. The molecular formula is C62H42N2. The van der Waals surface area contributed by atoms with Gasteiger partial charge in [0.05, 0.1) is 22.4 Å². The van der Waals surface area contributed by atoms with Gasteiger partial charge in [-0.25, -0.2) is 0 Å². The zero-order valence-corrected chi connectivity index (χ0v) is 35.1. The largest absolute Gasteiger partial charge is 0.310 e. The fourth-order valence-corrected chi connectivity index (χ4v) is 9.89. The van der Waals surface area contributed by atoms with Crippen LogP contribution < -0.4 is 4.90 Å². The fourth-order valence-electron chi connectivity index (χ4n) is 9.89. The zero-order valence-electron chi connectivity index (χ0n) is 35.1. The first-order valence-electron chi connectivity index (χ1n) is 22.0. The number of hydrogen-bond donors (Lipinski definition) is 0. The molecule has 0 spiro atoms. The first-order chi connectivity index (χ1) is 31.8. The number of aromatic nitrogens is 1. The van der Waals surface area contributed by atoms with Crippen LogP contribution in [0.5, 0.6) is 0 Å². The monoisotopic (exact) mass is 814 g/mol. The standard InChI is InChI=1S/C62H42N2/c1-3-18-43(19-4-1)51-24-9-10-28-57(51)62-54(44-20-5-2-6-21-44)29-17-33-61(62)63(49-40-41-52-47(42-49)35-34-45-22-7-8-23-50(45)52)48-38-36-46(37-39-48)53-25-11-14-30-58(53)64-59-31-15-12-26-55(59)56-27-13-16-32-60(56)64/h1-42H. The third-order valence-electron chi connectivity index (χ3n) is 12.8. The first kappa shape index (κ1) is 37.3. The summed E-state index contributed by atoms with van der Waals surface area (Å²) < 4.78 is 2.42. The number of para-hydroxylation sites is 3. The van der Waals surface area contributed by atoms with E-state index >= 15 is 0 Å². The summed E-state index contributed by atoms with van der Waals surface area (Å²) in [6, 6.07) is 92.8. The lowest BCUT2D eigenvalue weighted by Crippen LogP contribution is -2.12. The zero-order chi connectivity index (χ0) is 42.4. The van der Waals surface area contributed by atoms with Crippen LogP contribution in [0.4, 0.5) is 17.1 Å². The topological polar surface area (TPSA) is 8.17 Å². The van der Waals surface area contributed by atoms with Gasteiger partial charge < -0.3 is 9.47 Å².